The summed E-state index contributed by atoms with van der Waals surface area (Å²) >= 11 is 1.68. The Labute approximate surface area is 130 Å². The molecule has 0 radical (unpaired) electrons. The van der Waals surface area contributed by atoms with Gasteiger partial charge in [0.1, 0.15) is 5.60 Å². The molecule has 0 amide bonds. The molecule has 2 atom stereocenters. The summed E-state index contributed by atoms with van der Waals surface area (Å²) in [7, 11) is 0. The molecule has 4 heterocycles. The zero-order valence-electron chi connectivity index (χ0n) is 12.1. The molecule has 0 aliphatic carbocycles. The Morgan fingerprint density at radius 2 is 1.81 bits per heavy atom. The first kappa shape index (κ1) is 13.5. The lowest BCUT2D eigenvalue weighted by molar-refractivity contribution is -0.0744. The van der Waals surface area contributed by atoms with Crippen LogP contribution >= 0.6 is 11.3 Å². The van der Waals surface area contributed by atoms with Gasteiger partial charge in [-0.3, -0.25) is 0 Å². The molecule has 21 heavy (non-hydrogen) atoms. The van der Waals surface area contributed by atoms with E-state index in [9.17, 15) is 5.11 Å². The molecule has 2 bridgehead atoms. The van der Waals surface area contributed by atoms with Crippen LogP contribution in [0.5, 0.6) is 0 Å². The minimum atomic E-state index is -0.834. The maximum absolute atomic E-state index is 11.8. The van der Waals surface area contributed by atoms with Crippen molar-refractivity contribution < 1.29 is 5.11 Å². The van der Waals surface area contributed by atoms with Crippen molar-refractivity contribution in [2.45, 2.75) is 18.4 Å². The maximum Gasteiger partial charge on any atom is 0.128 e. The number of aliphatic hydroxyl groups is 1. The molecule has 1 N–H and O–H groups in total. The Kier molecular flexibility index (Phi) is 3.37. The lowest BCUT2D eigenvalue weighted by atomic mass is 9.67. The molecule has 3 aliphatic heterocycles. The van der Waals surface area contributed by atoms with E-state index in [2.05, 4.69) is 34.5 Å². The van der Waals surface area contributed by atoms with Gasteiger partial charge in [0.05, 0.1) is 0 Å². The smallest absolute Gasteiger partial charge is 0.128 e. The number of fused-ring (bicyclic) bond motifs is 3. The van der Waals surface area contributed by atoms with Gasteiger partial charge in [-0.05, 0) is 48.9 Å². The second-order valence-electron chi connectivity index (χ2n) is 6.35. The highest BCUT2D eigenvalue weighted by Gasteiger charge is 2.49. The number of hydrogen-bond acceptors (Lipinski definition) is 3. The van der Waals surface area contributed by atoms with Crippen LogP contribution in [-0.4, -0.2) is 29.6 Å². The van der Waals surface area contributed by atoms with Gasteiger partial charge >= 0.3 is 0 Å². The molecule has 3 heteroatoms. The van der Waals surface area contributed by atoms with Crippen molar-refractivity contribution in [1.29, 1.82) is 0 Å². The fraction of sp³-hybridized carbons (Fsp3) is 0.444. The molecule has 5 rings (SSSR count). The molecule has 1 aromatic heterocycles. The number of benzene rings is 1. The summed E-state index contributed by atoms with van der Waals surface area (Å²) in [5.74, 6) is 0.948. The predicted molar refractivity (Wildman–Crippen MR) is 86.4 cm³/mol. The van der Waals surface area contributed by atoms with Crippen LogP contribution in [0.1, 0.15) is 23.3 Å². The van der Waals surface area contributed by atoms with Gasteiger partial charge in [0, 0.05) is 17.3 Å². The Morgan fingerprint density at radius 3 is 2.38 bits per heavy atom. The van der Waals surface area contributed by atoms with Crippen molar-refractivity contribution >= 4 is 11.3 Å². The van der Waals surface area contributed by atoms with Crippen molar-refractivity contribution in [2.24, 2.45) is 11.8 Å². The normalized spacial score (nSPS) is 31.0. The van der Waals surface area contributed by atoms with Gasteiger partial charge in [-0.15, -0.1) is 11.3 Å². The van der Waals surface area contributed by atoms with Crippen molar-refractivity contribution in [3.8, 4) is 0 Å². The number of hydrogen-bond donors (Lipinski definition) is 1. The average molecular weight is 299 g/mol. The van der Waals surface area contributed by atoms with Crippen LogP contribution in [0.25, 0.3) is 0 Å². The molecule has 0 saturated carbocycles. The van der Waals surface area contributed by atoms with Crippen LogP contribution in [0.15, 0.2) is 47.8 Å². The summed E-state index contributed by atoms with van der Waals surface area (Å²) in [6, 6.07) is 14.4. The lowest BCUT2D eigenvalue weighted by Crippen LogP contribution is -2.55. The number of nitrogens with zero attached hydrogens (tertiary/aromatic N) is 1. The largest absolute Gasteiger partial charge is 0.379 e. The first-order valence-corrected chi connectivity index (χ1v) is 8.70. The molecular weight excluding hydrogens is 278 g/mol. The van der Waals surface area contributed by atoms with Crippen LogP contribution in [-0.2, 0) is 5.60 Å². The van der Waals surface area contributed by atoms with Gasteiger partial charge in [-0.2, -0.15) is 0 Å². The molecule has 3 fully saturated rings. The van der Waals surface area contributed by atoms with E-state index in [1.807, 2.05) is 18.2 Å². The number of rotatable bonds is 3. The van der Waals surface area contributed by atoms with Crippen molar-refractivity contribution in [2.75, 3.05) is 19.6 Å². The van der Waals surface area contributed by atoms with E-state index in [1.165, 1.54) is 25.9 Å². The first-order chi connectivity index (χ1) is 10.3. The lowest BCUT2D eigenvalue weighted by Gasteiger charge is -2.51. The van der Waals surface area contributed by atoms with Gasteiger partial charge in [0.25, 0.3) is 0 Å². The standard InChI is InChI=1S/C18H21NOS/c20-18(17-7-4-12-21-17,15-5-2-1-3-6-15)16-13-19-10-8-14(16)9-11-19/h1-7,12,14,16,20H,8-11,13H2/t16-,18-/m1/s1. The fourth-order valence-corrected chi connectivity index (χ4v) is 5.07. The zero-order chi connectivity index (χ0) is 14.3. The first-order valence-electron chi connectivity index (χ1n) is 7.82. The Bertz CT molecular complexity index is 589. The average Bonchev–Trinajstić information content (AvgIpc) is 3.11. The van der Waals surface area contributed by atoms with Crippen LogP contribution < -0.4 is 0 Å². The van der Waals surface area contributed by atoms with E-state index in [0.717, 1.165) is 17.0 Å². The van der Waals surface area contributed by atoms with Crippen LogP contribution in [0.3, 0.4) is 0 Å². The molecule has 0 spiro atoms. The second kappa shape index (κ2) is 5.24. The molecule has 3 aliphatic rings. The molecule has 3 saturated heterocycles. The summed E-state index contributed by atoms with van der Waals surface area (Å²) in [5.41, 5.74) is 0.213. The number of thiophene rings is 1. The molecule has 1 aromatic carbocycles. The summed E-state index contributed by atoms with van der Waals surface area (Å²) in [4.78, 5) is 3.61. The summed E-state index contributed by atoms with van der Waals surface area (Å²) in [5, 5.41) is 13.8. The third kappa shape index (κ3) is 2.15. The van der Waals surface area contributed by atoms with Crippen LogP contribution in [0.4, 0.5) is 0 Å². The van der Waals surface area contributed by atoms with E-state index in [4.69, 9.17) is 0 Å². The molecule has 2 aromatic rings. The zero-order valence-corrected chi connectivity index (χ0v) is 12.9. The molecule has 110 valence electrons. The van der Waals surface area contributed by atoms with E-state index >= 15 is 0 Å². The minimum absolute atomic E-state index is 0.307. The second-order valence-corrected chi connectivity index (χ2v) is 7.30. The third-order valence-electron chi connectivity index (χ3n) is 5.30. The molecule has 2 nitrogen and oxygen atoms in total. The molecule has 0 unspecified atom stereocenters. The van der Waals surface area contributed by atoms with Crippen molar-refractivity contribution in [3.63, 3.8) is 0 Å². The minimum Gasteiger partial charge on any atom is -0.379 e. The highest BCUT2D eigenvalue weighted by molar-refractivity contribution is 7.10. The Hall–Kier alpha value is -1.16. The summed E-state index contributed by atoms with van der Waals surface area (Å²) < 4.78 is 0. The fourth-order valence-electron chi connectivity index (χ4n) is 4.17. The van der Waals surface area contributed by atoms with E-state index in [0.29, 0.717) is 11.8 Å². The topological polar surface area (TPSA) is 23.5 Å². The van der Waals surface area contributed by atoms with Gasteiger partial charge in [-0.1, -0.05) is 36.4 Å². The monoisotopic (exact) mass is 299 g/mol. The highest BCUT2D eigenvalue weighted by Crippen LogP contribution is 2.47. The van der Waals surface area contributed by atoms with E-state index in [-0.39, 0.29) is 0 Å². The van der Waals surface area contributed by atoms with Gasteiger partial charge < -0.3 is 10.0 Å². The molecular formula is C18H21NOS. The van der Waals surface area contributed by atoms with Crippen LogP contribution in [0, 0.1) is 11.8 Å². The van der Waals surface area contributed by atoms with Crippen LogP contribution in [0.2, 0.25) is 0 Å². The summed E-state index contributed by atoms with van der Waals surface area (Å²) in [6.45, 7) is 3.43. The van der Waals surface area contributed by atoms with Gasteiger partial charge in [0.2, 0.25) is 0 Å². The van der Waals surface area contributed by atoms with E-state index in [1.54, 1.807) is 11.3 Å². The Morgan fingerprint density at radius 1 is 1.05 bits per heavy atom. The summed E-state index contributed by atoms with van der Waals surface area (Å²) in [6.07, 6.45) is 2.45. The van der Waals surface area contributed by atoms with Crippen molar-refractivity contribution in [1.82, 2.24) is 4.90 Å². The van der Waals surface area contributed by atoms with E-state index < -0.39 is 5.60 Å². The Balaban J connectivity index is 1.81. The van der Waals surface area contributed by atoms with Gasteiger partial charge in [-0.25, -0.2) is 0 Å². The number of piperidine rings is 3. The highest BCUT2D eigenvalue weighted by atomic mass is 32.1. The quantitative estimate of drug-likeness (QED) is 0.940. The predicted octanol–water partition coefficient (Wildman–Crippen LogP) is 3.33. The van der Waals surface area contributed by atoms with Crippen molar-refractivity contribution in [3.05, 3.63) is 58.3 Å². The SMILES string of the molecule is O[C@@](c1ccccc1)(c1cccs1)[C@@H]1CN2CCC1CC2. The van der Waals surface area contributed by atoms with Gasteiger partial charge in [0.15, 0.2) is 0 Å². The third-order valence-corrected chi connectivity index (χ3v) is 6.30. The maximum atomic E-state index is 11.8.